The first-order chi connectivity index (χ1) is 6.86. The smallest absolute Gasteiger partial charge is 0.135 e. The normalized spacial score (nSPS) is 27.5. The van der Waals surface area contributed by atoms with E-state index >= 15 is 0 Å². The largest absolute Gasteiger partial charge is 0.287 e. The van der Waals surface area contributed by atoms with Gasteiger partial charge in [-0.3, -0.25) is 10.2 Å². The molecule has 82 valence electrons. The van der Waals surface area contributed by atoms with Crippen LogP contribution in [0.5, 0.6) is 0 Å². The molecule has 2 aliphatic rings. The van der Waals surface area contributed by atoms with E-state index in [0.29, 0.717) is 0 Å². The van der Waals surface area contributed by atoms with Crippen molar-refractivity contribution in [2.75, 3.05) is 0 Å². The van der Waals surface area contributed by atoms with Crippen molar-refractivity contribution in [3.63, 3.8) is 0 Å². The number of nitrogens with zero attached hydrogens (tertiary/aromatic N) is 2. The molecule has 3 heteroatoms. The van der Waals surface area contributed by atoms with Gasteiger partial charge < -0.3 is 0 Å². The summed E-state index contributed by atoms with van der Waals surface area (Å²) in [7, 11) is 0. The van der Waals surface area contributed by atoms with Gasteiger partial charge in [0.05, 0.1) is 17.0 Å². The van der Waals surface area contributed by atoms with Gasteiger partial charge in [-0.1, -0.05) is 24.3 Å². The molecular formula is C12H18N2O. The lowest BCUT2D eigenvalue weighted by molar-refractivity contribution is -0.102. The molecule has 15 heavy (non-hydrogen) atoms. The van der Waals surface area contributed by atoms with E-state index < -0.39 is 0 Å². The summed E-state index contributed by atoms with van der Waals surface area (Å²) in [6.07, 6.45) is 8.05. The minimum atomic E-state index is -0.355. The monoisotopic (exact) mass is 206 g/mol. The highest BCUT2D eigenvalue weighted by Crippen LogP contribution is 2.38. The van der Waals surface area contributed by atoms with Crippen LogP contribution in [-0.2, 0) is 0 Å². The van der Waals surface area contributed by atoms with Gasteiger partial charge in [-0.05, 0) is 27.7 Å². The topological polar surface area (TPSA) is 35.8 Å². The van der Waals surface area contributed by atoms with Crippen LogP contribution in [0.1, 0.15) is 27.7 Å². The number of amidine groups is 1. The van der Waals surface area contributed by atoms with Crippen LogP contribution in [0.15, 0.2) is 29.3 Å². The Morgan fingerprint density at radius 1 is 1.20 bits per heavy atom. The predicted octanol–water partition coefficient (Wildman–Crippen LogP) is 2.39. The van der Waals surface area contributed by atoms with Crippen LogP contribution in [-0.4, -0.2) is 27.2 Å². The summed E-state index contributed by atoms with van der Waals surface area (Å²) in [4.78, 5) is 4.63. The van der Waals surface area contributed by atoms with Crippen molar-refractivity contribution >= 4 is 5.84 Å². The van der Waals surface area contributed by atoms with E-state index in [1.807, 2.05) is 52.0 Å². The maximum absolute atomic E-state index is 10.1. The Morgan fingerprint density at radius 3 is 2.13 bits per heavy atom. The SMILES string of the molecule is CC1(C)N=C(C2C=CC=C2)N(O)C1(C)C. The van der Waals surface area contributed by atoms with Crippen molar-refractivity contribution in [3.05, 3.63) is 24.3 Å². The lowest BCUT2D eigenvalue weighted by Crippen LogP contribution is -2.51. The molecule has 0 aromatic rings. The van der Waals surface area contributed by atoms with Crippen molar-refractivity contribution in [1.82, 2.24) is 5.06 Å². The van der Waals surface area contributed by atoms with Gasteiger partial charge >= 0.3 is 0 Å². The molecule has 1 N–H and O–H groups in total. The first-order valence-corrected chi connectivity index (χ1v) is 5.30. The molecule has 0 amide bonds. The zero-order valence-electron chi connectivity index (χ0n) is 9.73. The Balaban J connectivity index is 2.36. The van der Waals surface area contributed by atoms with Crippen LogP contribution in [0, 0.1) is 5.92 Å². The number of rotatable bonds is 1. The Kier molecular flexibility index (Phi) is 2.05. The zero-order chi connectivity index (χ0) is 11.3. The number of hydrogen-bond acceptors (Lipinski definition) is 3. The number of hydroxylamine groups is 2. The molecule has 0 saturated heterocycles. The minimum Gasteiger partial charge on any atom is -0.287 e. The first kappa shape index (κ1) is 10.4. The first-order valence-electron chi connectivity index (χ1n) is 5.30. The van der Waals surface area contributed by atoms with Crippen LogP contribution in [0.2, 0.25) is 0 Å². The van der Waals surface area contributed by atoms with E-state index in [0.717, 1.165) is 5.84 Å². The Labute approximate surface area is 90.8 Å². The van der Waals surface area contributed by atoms with Crippen molar-refractivity contribution in [1.29, 1.82) is 0 Å². The molecule has 0 aromatic carbocycles. The third kappa shape index (κ3) is 1.34. The standard InChI is InChI=1S/C12H18N2O/c1-11(2)12(3,4)14(15)10(13-11)9-7-5-6-8-9/h5-9,15H,1-4H3. The van der Waals surface area contributed by atoms with Gasteiger partial charge in [-0.15, -0.1) is 0 Å². The van der Waals surface area contributed by atoms with E-state index in [4.69, 9.17) is 0 Å². The van der Waals surface area contributed by atoms with Crippen LogP contribution in [0.3, 0.4) is 0 Å². The summed E-state index contributed by atoms with van der Waals surface area (Å²) in [5.41, 5.74) is -0.617. The summed E-state index contributed by atoms with van der Waals surface area (Å²) in [5, 5.41) is 11.5. The third-order valence-corrected chi connectivity index (χ3v) is 3.68. The highest BCUT2D eigenvalue weighted by atomic mass is 16.5. The number of hydrogen-bond donors (Lipinski definition) is 1. The fourth-order valence-corrected chi connectivity index (χ4v) is 1.84. The van der Waals surface area contributed by atoms with E-state index in [1.54, 1.807) is 0 Å². The molecule has 0 spiro atoms. The summed E-state index contributed by atoms with van der Waals surface area (Å²) < 4.78 is 0. The number of allylic oxidation sites excluding steroid dienone is 2. The second-order valence-corrected chi connectivity index (χ2v) is 5.20. The molecule has 0 saturated carbocycles. The fourth-order valence-electron chi connectivity index (χ4n) is 1.84. The third-order valence-electron chi connectivity index (χ3n) is 3.68. The van der Waals surface area contributed by atoms with Crippen molar-refractivity contribution in [3.8, 4) is 0 Å². The molecule has 0 aromatic heterocycles. The van der Waals surface area contributed by atoms with Gasteiger partial charge in [-0.25, -0.2) is 5.06 Å². The summed E-state index contributed by atoms with van der Waals surface area (Å²) in [5.74, 6) is 0.867. The molecule has 0 radical (unpaired) electrons. The van der Waals surface area contributed by atoms with E-state index in [9.17, 15) is 5.21 Å². The zero-order valence-corrected chi connectivity index (χ0v) is 9.73. The average molecular weight is 206 g/mol. The molecule has 3 nitrogen and oxygen atoms in total. The van der Waals surface area contributed by atoms with Gasteiger partial charge in [0.15, 0.2) is 0 Å². The molecule has 1 aliphatic heterocycles. The molecule has 0 fully saturated rings. The Morgan fingerprint density at radius 2 is 1.73 bits per heavy atom. The molecule has 2 rings (SSSR count). The second kappa shape index (κ2) is 2.95. The molecule has 0 unspecified atom stereocenters. The highest BCUT2D eigenvalue weighted by molar-refractivity contribution is 5.90. The molecule has 1 aliphatic carbocycles. The van der Waals surface area contributed by atoms with E-state index in [2.05, 4.69) is 4.99 Å². The van der Waals surface area contributed by atoms with Gasteiger partial charge in [0, 0.05) is 0 Å². The summed E-state index contributed by atoms with van der Waals surface area (Å²) >= 11 is 0. The highest BCUT2D eigenvalue weighted by Gasteiger charge is 2.49. The lowest BCUT2D eigenvalue weighted by Gasteiger charge is -2.37. The Bertz CT molecular complexity index is 352. The quantitative estimate of drug-likeness (QED) is 0.715. The molecule has 0 atom stereocenters. The summed E-state index contributed by atoms with van der Waals surface area (Å²) in [6, 6.07) is 0. The lowest BCUT2D eigenvalue weighted by atomic mass is 9.84. The Hall–Kier alpha value is -1.09. The minimum absolute atomic E-state index is 0.121. The molecule has 0 bridgehead atoms. The summed E-state index contributed by atoms with van der Waals surface area (Å²) in [6.45, 7) is 8.11. The molecule has 1 heterocycles. The maximum Gasteiger partial charge on any atom is 0.135 e. The van der Waals surface area contributed by atoms with Gasteiger partial charge in [0.25, 0.3) is 0 Å². The van der Waals surface area contributed by atoms with Gasteiger partial charge in [0.2, 0.25) is 0 Å². The van der Waals surface area contributed by atoms with Crippen LogP contribution in [0.4, 0.5) is 0 Å². The maximum atomic E-state index is 10.1. The van der Waals surface area contributed by atoms with E-state index in [1.165, 1.54) is 5.06 Å². The fraction of sp³-hybridized carbons (Fsp3) is 0.583. The number of aliphatic imine (C=N–C) groups is 1. The van der Waals surface area contributed by atoms with Crippen LogP contribution in [0.25, 0.3) is 0 Å². The average Bonchev–Trinajstić information content (AvgIpc) is 2.69. The van der Waals surface area contributed by atoms with Gasteiger partial charge in [0.1, 0.15) is 5.84 Å². The van der Waals surface area contributed by atoms with Crippen molar-refractivity contribution in [2.45, 2.75) is 38.8 Å². The molecular weight excluding hydrogens is 188 g/mol. The van der Waals surface area contributed by atoms with Crippen molar-refractivity contribution in [2.24, 2.45) is 10.9 Å². The van der Waals surface area contributed by atoms with Crippen LogP contribution < -0.4 is 0 Å². The van der Waals surface area contributed by atoms with Crippen molar-refractivity contribution < 1.29 is 5.21 Å². The van der Waals surface area contributed by atoms with Gasteiger partial charge in [-0.2, -0.15) is 0 Å². The van der Waals surface area contributed by atoms with E-state index in [-0.39, 0.29) is 17.0 Å². The second-order valence-electron chi connectivity index (χ2n) is 5.20. The van der Waals surface area contributed by atoms with Crippen LogP contribution >= 0.6 is 0 Å². The predicted molar refractivity (Wildman–Crippen MR) is 61.0 cm³/mol.